The van der Waals surface area contributed by atoms with Crippen LogP contribution in [0.1, 0.15) is 30.6 Å². The zero-order chi connectivity index (χ0) is 11.3. The van der Waals surface area contributed by atoms with Crippen molar-refractivity contribution in [2.45, 2.75) is 26.4 Å². The van der Waals surface area contributed by atoms with Crippen molar-refractivity contribution in [2.24, 2.45) is 0 Å². The summed E-state index contributed by atoms with van der Waals surface area (Å²) in [6.07, 6.45) is 1.82. The normalized spacial score (nSPS) is 11.9. The molecule has 0 heterocycles. The van der Waals surface area contributed by atoms with E-state index in [1.807, 2.05) is 13.8 Å². The van der Waals surface area contributed by atoms with E-state index in [9.17, 15) is 4.79 Å². The van der Waals surface area contributed by atoms with Gasteiger partial charge in [0.25, 0.3) is 0 Å². The summed E-state index contributed by atoms with van der Waals surface area (Å²) in [4.78, 5) is 10.6. The highest BCUT2D eigenvalue weighted by Gasteiger charge is 2.08. The van der Waals surface area contributed by atoms with Crippen molar-refractivity contribution in [3.05, 3.63) is 23.8 Å². The summed E-state index contributed by atoms with van der Waals surface area (Å²) >= 11 is 0. The summed E-state index contributed by atoms with van der Waals surface area (Å²) in [5.41, 5.74) is 0.592. The summed E-state index contributed by atoms with van der Waals surface area (Å²) < 4.78 is 10.8. The monoisotopic (exact) mass is 208 g/mol. The summed E-state index contributed by atoms with van der Waals surface area (Å²) in [7, 11) is 1.58. The first kappa shape index (κ1) is 11.6. The fourth-order valence-corrected chi connectivity index (χ4v) is 1.16. The van der Waals surface area contributed by atoms with Crippen molar-refractivity contribution in [3.8, 4) is 11.5 Å². The van der Waals surface area contributed by atoms with Crippen molar-refractivity contribution < 1.29 is 14.3 Å². The van der Waals surface area contributed by atoms with E-state index in [4.69, 9.17) is 9.47 Å². The number of methoxy groups -OCH3 is 1. The van der Waals surface area contributed by atoms with Gasteiger partial charge in [-0.3, -0.25) is 4.79 Å². The summed E-state index contributed by atoms with van der Waals surface area (Å²) in [6.45, 7) is 4.02. The Kier molecular flexibility index (Phi) is 4.16. The Morgan fingerprint density at radius 1 is 1.40 bits per heavy atom. The second-order valence-electron chi connectivity index (χ2n) is 3.36. The maximum absolute atomic E-state index is 10.6. The fraction of sp³-hybridized carbons (Fsp3) is 0.417. The lowest BCUT2D eigenvalue weighted by Crippen LogP contribution is -2.10. The third-order valence-corrected chi connectivity index (χ3v) is 2.23. The van der Waals surface area contributed by atoms with Crippen LogP contribution in [0.5, 0.6) is 11.5 Å². The Morgan fingerprint density at radius 3 is 2.67 bits per heavy atom. The van der Waals surface area contributed by atoms with Crippen molar-refractivity contribution in [2.75, 3.05) is 7.11 Å². The molecule has 0 N–H and O–H groups in total. The molecule has 3 nitrogen and oxygen atoms in total. The molecule has 0 saturated carbocycles. The van der Waals surface area contributed by atoms with Crippen molar-refractivity contribution in [3.63, 3.8) is 0 Å². The average molecular weight is 208 g/mol. The van der Waals surface area contributed by atoms with Crippen LogP contribution in [0, 0.1) is 0 Å². The number of ether oxygens (including phenoxy) is 2. The summed E-state index contributed by atoms with van der Waals surface area (Å²) in [5.74, 6) is 1.28. The third kappa shape index (κ3) is 2.98. The Morgan fingerprint density at radius 2 is 2.13 bits per heavy atom. The molecule has 0 fully saturated rings. The predicted octanol–water partition coefficient (Wildman–Crippen LogP) is 2.69. The van der Waals surface area contributed by atoms with Gasteiger partial charge >= 0.3 is 0 Å². The van der Waals surface area contributed by atoms with Crippen LogP contribution in [-0.2, 0) is 0 Å². The molecule has 0 aliphatic rings. The number of hydrogen-bond donors (Lipinski definition) is 0. The van der Waals surface area contributed by atoms with E-state index in [1.54, 1.807) is 25.3 Å². The molecule has 1 aromatic carbocycles. The van der Waals surface area contributed by atoms with E-state index in [0.717, 1.165) is 12.7 Å². The standard InChI is InChI=1S/C12H16O3/c1-4-9(2)15-12-7-10(8-13)5-6-11(12)14-3/h5-9H,4H2,1-3H3. The van der Waals surface area contributed by atoms with Crippen LogP contribution in [0.4, 0.5) is 0 Å². The minimum atomic E-state index is 0.112. The first-order valence-corrected chi connectivity index (χ1v) is 5.01. The number of benzene rings is 1. The Bertz CT molecular complexity index is 334. The van der Waals surface area contributed by atoms with Crippen LogP contribution in [0.25, 0.3) is 0 Å². The van der Waals surface area contributed by atoms with Gasteiger partial charge in [-0.15, -0.1) is 0 Å². The van der Waals surface area contributed by atoms with Crippen molar-refractivity contribution in [1.82, 2.24) is 0 Å². The van der Waals surface area contributed by atoms with Crippen LogP contribution in [-0.4, -0.2) is 19.5 Å². The van der Waals surface area contributed by atoms with Gasteiger partial charge < -0.3 is 9.47 Å². The largest absolute Gasteiger partial charge is 0.493 e. The van der Waals surface area contributed by atoms with Crippen LogP contribution in [0.3, 0.4) is 0 Å². The molecule has 0 spiro atoms. The van der Waals surface area contributed by atoms with Crippen LogP contribution < -0.4 is 9.47 Å². The number of aldehydes is 1. The molecule has 0 amide bonds. The smallest absolute Gasteiger partial charge is 0.162 e. The zero-order valence-electron chi connectivity index (χ0n) is 9.32. The molecule has 1 rings (SSSR count). The topological polar surface area (TPSA) is 35.5 Å². The Labute approximate surface area is 90.0 Å². The van der Waals surface area contributed by atoms with E-state index < -0.39 is 0 Å². The second-order valence-corrected chi connectivity index (χ2v) is 3.36. The highest BCUT2D eigenvalue weighted by atomic mass is 16.5. The van der Waals surface area contributed by atoms with Gasteiger partial charge in [0.15, 0.2) is 11.5 Å². The van der Waals surface area contributed by atoms with Gasteiger partial charge in [-0.25, -0.2) is 0 Å². The van der Waals surface area contributed by atoms with E-state index in [0.29, 0.717) is 17.1 Å². The van der Waals surface area contributed by atoms with Gasteiger partial charge in [0.1, 0.15) is 6.29 Å². The molecule has 15 heavy (non-hydrogen) atoms. The molecule has 1 atom stereocenters. The lowest BCUT2D eigenvalue weighted by molar-refractivity contribution is 0.112. The van der Waals surface area contributed by atoms with E-state index in [1.165, 1.54) is 0 Å². The molecule has 0 saturated heterocycles. The Balaban J connectivity index is 2.95. The summed E-state index contributed by atoms with van der Waals surface area (Å²) in [5, 5.41) is 0. The summed E-state index contributed by atoms with van der Waals surface area (Å²) in [6, 6.07) is 5.13. The van der Waals surface area contributed by atoms with Crippen LogP contribution in [0.2, 0.25) is 0 Å². The van der Waals surface area contributed by atoms with E-state index in [-0.39, 0.29) is 6.10 Å². The lowest BCUT2D eigenvalue weighted by Gasteiger charge is -2.15. The van der Waals surface area contributed by atoms with Crippen molar-refractivity contribution in [1.29, 1.82) is 0 Å². The number of rotatable bonds is 5. The van der Waals surface area contributed by atoms with Crippen LogP contribution in [0.15, 0.2) is 18.2 Å². The van der Waals surface area contributed by atoms with Crippen LogP contribution >= 0.6 is 0 Å². The average Bonchev–Trinajstić information content (AvgIpc) is 2.28. The van der Waals surface area contributed by atoms with Gasteiger partial charge in [-0.1, -0.05) is 6.92 Å². The molecule has 0 radical (unpaired) electrons. The van der Waals surface area contributed by atoms with Crippen molar-refractivity contribution >= 4 is 6.29 Å². The molecule has 1 unspecified atom stereocenters. The van der Waals surface area contributed by atoms with E-state index >= 15 is 0 Å². The molecule has 3 heteroatoms. The molecule has 0 aliphatic heterocycles. The third-order valence-electron chi connectivity index (χ3n) is 2.23. The fourth-order valence-electron chi connectivity index (χ4n) is 1.16. The van der Waals surface area contributed by atoms with Gasteiger partial charge in [0, 0.05) is 5.56 Å². The van der Waals surface area contributed by atoms with Gasteiger partial charge in [-0.05, 0) is 31.5 Å². The van der Waals surface area contributed by atoms with Gasteiger partial charge in [-0.2, -0.15) is 0 Å². The quantitative estimate of drug-likeness (QED) is 0.698. The second kappa shape index (κ2) is 5.39. The first-order chi connectivity index (χ1) is 7.21. The molecule has 0 aliphatic carbocycles. The molecule has 1 aromatic rings. The number of carbonyl (C=O) groups is 1. The molecule has 82 valence electrons. The Hall–Kier alpha value is -1.51. The first-order valence-electron chi connectivity index (χ1n) is 5.01. The SMILES string of the molecule is CCC(C)Oc1cc(C=O)ccc1OC. The molecular weight excluding hydrogens is 192 g/mol. The maximum atomic E-state index is 10.6. The zero-order valence-corrected chi connectivity index (χ0v) is 9.32. The lowest BCUT2D eigenvalue weighted by atomic mass is 10.2. The minimum Gasteiger partial charge on any atom is -0.493 e. The van der Waals surface area contributed by atoms with Gasteiger partial charge in [0.05, 0.1) is 13.2 Å². The molecule has 0 aromatic heterocycles. The molecule has 0 bridgehead atoms. The maximum Gasteiger partial charge on any atom is 0.162 e. The minimum absolute atomic E-state index is 0.112. The van der Waals surface area contributed by atoms with Gasteiger partial charge in [0.2, 0.25) is 0 Å². The highest BCUT2D eigenvalue weighted by Crippen LogP contribution is 2.28. The number of carbonyl (C=O) groups excluding carboxylic acids is 1. The predicted molar refractivity (Wildman–Crippen MR) is 58.8 cm³/mol. The molecular formula is C12H16O3. The number of hydrogen-bond acceptors (Lipinski definition) is 3. The highest BCUT2D eigenvalue weighted by molar-refractivity contribution is 5.76. The van der Waals surface area contributed by atoms with E-state index in [2.05, 4.69) is 0 Å².